The van der Waals surface area contributed by atoms with E-state index < -0.39 is 0 Å². The van der Waals surface area contributed by atoms with Crippen molar-refractivity contribution >= 4 is 33.3 Å². The topological polar surface area (TPSA) is 67.0 Å². The first-order valence-corrected chi connectivity index (χ1v) is 8.60. The van der Waals surface area contributed by atoms with Crippen LogP contribution in [-0.4, -0.2) is 23.0 Å². The fourth-order valence-electron chi connectivity index (χ4n) is 2.67. The summed E-state index contributed by atoms with van der Waals surface area (Å²) in [5.41, 5.74) is 3.29. The molecule has 2 aromatic heterocycles. The van der Waals surface area contributed by atoms with Crippen molar-refractivity contribution in [2.75, 3.05) is 12.4 Å². The Hall–Kier alpha value is -3.12. The molecule has 0 spiro atoms. The van der Waals surface area contributed by atoms with Crippen LogP contribution in [-0.2, 0) is 0 Å². The normalized spacial score (nSPS) is 10.8. The minimum atomic E-state index is -0.177. The number of hydrogen-bond donors (Lipinski definition) is 2. The van der Waals surface area contributed by atoms with Gasteiger partial charge in [0.25, 0.3) is 5.91 Å². The second-order valence-corrected chi connectivity index (χ2v) is 6.33. The van der Waals surface area contributed by atoms with Gasteiger partial charge in [0.05, 0.1) is 18.4 Å². The highest BCUT2D eigenvalue weighted by Gasteiger charge is 2.14. The van der Waals surface area contributed by atoms with Crippen molar-refractivity contribution in [3.8, 4) is 17.0 Å². The zero-order valence-electron chi connectivity index (χ0n) is 13.4. The van der Waals surface area contributed by atoms with Gasteiger partial charge in [-0.15, -0.1) is 11.3 Å². The van der Waals surface area contributed by atoms with Gasteiger partial charge in [-0.2, -0.15) is 0 Å². The summed E-state index contributed by atoms with van der Waals surface area (Å²) in [5.74, 6) is 0.596. The summed E-state index contributed by atoms with van der Waals surface area (Å²) in [6, 6.07) is 15.4. The van der Waals surface area contributed by atoms with Crippen LogP contribution in [0.15, 0.2) is 60.1 Å². The monoisotopic (exact) mass is 349 g/mol. The average Bonchev–Trinajstić information content (AvgIpc) is 3.28. The summed E-state index contributed by atoms with van der Waals surface area (Å²) in [6.45, 7) is 0. The maximum absolute atomic E-state index is 12.6. The number of ether oxygens (including phenoxy) is 1. The summed E-state index contributed by atoms with van der Waals surface area (Å²) >= 11 is 1.39. The van der Waals surface area contributed by atoms with E-state index in [0.717, 1.165) is 27.9 Å². The van der Waals surface area contributed by atoms with E-state index in [1.807, 2.05) is 53.9 Å². The van der Waals surface area contributed by atoms with Crippen LogP contribution in [0.25, 0.3) is 22.2 Å². The van der Waals surface area contributed by atoms with E-state index in [4.69, 9.17) is 4.74 Å². The molecular weight excluding hydrogens is 334 g/mol. The lowest BCUT2D eigenvalue weighted by Gasteiger charge is -2.02. The van der Waals surface area contributed by atoms with Gasteiger partial charge in [-0.25, -0.2) is 4.98 Å². The van der Waals surface area contributed by atoms with Gasteiger partial charge in [-0.05, 0) is 18.2 Å². The highest BCUT2D eigenvalue weighted by Crippen LogP contribution is 2.28. The number of benzene rings is 2. The van der Waals surface area contributed by atoms with Crippen LogP contribution in [0.2, 0.25) is 0 Å². The SMILES string of the molecule is COc1cccc(-c2csc(NC(=O)c3c[nH]c4ccccc34)n2)c1. The lowest BCUT2D eigenvalue weighted by atomic mass is 10.1. The molecule has 0 atom stereocenters. The van der Waals surface area contributed by atoms with Crippen molar-refractivity contribution in [2.45, 2.75) is 0 Å². The number of aromatic amines is 1. The Morgan fingerprint density at radius 2 is 2.08 bits per heavy atom. The number of thiazole rings is 1. The van der Waals surface area contributed by atoms with Gasteiger partial charge in [-0.3, -0.25) is 10.1 Å². The van der Waals surface area contributed by atoms with E-state index in [1.165, 1.54) is 11.3 Å². The molecule has 2 heterocycles. The Bertz CT molecular complexity index is 1050. The minimum absolute atomic E-state index is 0.177. The van der Waals surface area contributed by atoms with Gasteiger partial charge in [0.1, 0.15) is 5.75 Å². The Morgan fingerprint density at radius 3 is 2.96 bits per heavy atom. The highest BCUT2D eigenvalue weighted by molar-refractivity contribution is 7.14. The van der Waals surface area contributed by atoms with Crippen molar-refractivity contribution < 1.29 is 9.53 Å². The molecule has 2 N–H and O–H groups in total. The van der Waals surface area contributed by atoms with Gasteiger partial charge >= 0.3 is 0 Å². The number of carbonyl (C=O) groups excluding carboxylic acids is 1. The third-order valence-electron chi connectivity index (χ3n) is 3.92. The number of carbonyl (C=O) groups is 1. The molecule has 0 unspecified atom stereocenters. The number of fused-ring (bicyclic) bond motifs is 1. The van der Waals surface area contributed by atoms with Crippen molar-refractivity contribution in [3.05, 3.63) is 65.7 Å². The fourth-order valence-corrected chi connectivity index (χ4v) is 3.38. The number of aromatic nitrogens is 2. The van der Waals surface area contributed by atoms with Crippen LogP contribution in [0.1, 0.15) is 10.4 Å². The number of nitrogens with one attached hydrogen (secondary N) is 2. The molecule has 2 aromatic carbocycles. The third kappa shape index (κ3) is 2.99. The Balaban J connectivity index is 1.57. The van der Waals surface area contributed by atoms with Gasteiger partial charge in [0.15, 0.2) is 5.13 Å². The number of hydrogen-bond acceptors (Lipinski definition) is 4. The molecule has 5 nitrogen and oxygen atoms in total. The first-order valence-electron chi connectivity index (χ1n) is 7.72. The van der Waals surface area contributed by atoms with Crippen molar-refractivity contribution in [1.29, 1.82) is 0 Å². The lowest BCUT2D eigenvalue weighted by Crippen LogP contribution is -2.11. The van der Waals surface area contributed by atoms with Gasteiger partial charge in [0.2, 0.25) is 0 Å². The zero-order chi connectivity index (χ0) is 17.2. The smallest absolute Gasteiger partial charge is 0.259 e. The first-order chi connectivity index (χ1) is 12.2. The lowest BCUT2D eigenvalue weighted by molar-refractivity contribution is 0.102. The molecule has 0 fully saturated rings. The third-order valence-corrected chi connectivity index (χ3v) is 4.68. The Kier molecular flexibility index (Phi) is 3.95. The van der Waals surface area contributed by atoms with E-state index in [2.05, 4.69) is 15.3 Å². The van der Waals surface area contributed by atoms with E-state index in [0.29, 0.717) is 10.7 Å². The molecule has 4 rings (SSSR count). The average molecular weight is 349 g/mol. The molecule has 0 bridgehead atoms. The maximum atomic E-state index is 12.6. The predicted octanol–water partition coefficient (Wildman–Crippen LogP) is 4.55. The molecule has 0 aliphatic heterocycles. The Morgan fingerprint density at radius 1 is 1.20 bits per heavy atom. The van der Waals surface area contributed by atoms with Gasteiger partial charge in [-0.1, -0.05) is 30.3 Å². The number of anilines is 1. The summed E-state index contributed by atoms with van der Waals surface area (Å²) in [4.78, 5) is 20.2. The summed E-state index contributed by atoms with van der Waals surface area (Å²) in [5, 5.41) is 6.24. The molecule has 124 valence electrons. The molecule has 0 saturated heterocycles. The standard InChI is InChI=1S/C19H15N3O2S/c1-24-13-6-4-5-12(9-13)17-11-25-19(21-17)22-18(23)15-10-20-16-8-3-2-7-14(15)16/h2-11,20H,1H3,(H,21,22,23). The number of para-hydroxylation sites is 1. The fraction of sp³-hybridized carbons (Fsp3) is 0.0526. The van der Waals surface area contributed by atoms with Crippen LogP contribution >= 0.6 is 11.3 Å². The van der Waals surface area contributed by atoms with E-state index >= 15 is 0 Å². The van der Waals surface area contributed by atoms with Crippen molar-refractivity contribution in [1.82, 2.24) is 9.97 Å². The van der Waals surface area contributed by atoms with Gasteiger partial charge < -0.3 is 9.72 Å². The summed E-state index contributed by atoms with van der Waals surface area (Å²) in [6.07, 6.45) is 1.72. The molecule has 0 aliphatic carbocycles. The molecule has 0 aliphatic rings. The predicted molar refractivity (Wildman–Crippen MR) is 100 cm³/mol. The quantitative estimate of drug-likeness (QED) is 0.568. The Labute approximate surface area is 148 Å². The largest absolute Gasteiger partial charge is 0.497 e. The van der Waals surface area contributed by atoms with Crippen LogP contribution < -0.4 is 10.1 Å². The minimum Gasteiger partial charge on any atom is -0.497 e. The maximum Gasteiger partial charge on any atom is 0.259 e. The van der Waals surface area contributed by atoms with E-state index in [9.17, 15) is 4.79 Å². The van der Waals surface area contributed by atoms with Crippen LogP contribution in [0.3, 0.4) is 0 Å². The molecule has 0 saturated carbocycles. The highest BCUT2D eigenvalue weighted by atomic mass is 32.1. The number of rotatable bonds is 4. The van der Waals surface area contributed by atoms with Crippen LogP contribution in [0.5, 0.6) is 5.75 Å². The molecule has 6 heteroatoms. The number of amides is 1. The molecule has 0 radical (unpaired) electrons. The van der Waals surface area contributed by atoms with Crippen molar-refractivity contribution in [3.63, 3.8) is 0 Å². The molecule has 4 aromatic rings. The first kappa shape index (κ1) is 15.4. The second-order valence-electron chi connectivity index (χ2n) is 5.47. The number of methoxy groups -OCH3 is 1. The van der Waals surface area contributed by atoms with Crippen LogP contribution in [0, 0.1) is 0 Å². The molecular formula is C19H15N3O2S. The van der Waals surface area contributed by atoms with Crippen molar-refractivity contribution in [2.24, 2.45) is 0 Å². The van der Waals surface area contributed by atoms with Crippen LogP contribution in [0.4, 0.5) is 5.13 Å². The molecule has 1 amide bonds. The second kappa shape index (κ2) is 6.41. The van der Waals surface area contributed by atoms with E-state index in [1.54, 1.807) is 13.3 Å². The molecule has 25 heavy (non-hydrogen) atoms. The zero-order valence-corrected chi connectivity index (χ0v) is 14.3. The van der Waals surface area contributed by atoms with Gasteiger partial charge in [0, 0.05) is 28.0 Å². The summed E-state index contributed by atoms with van der Waals surface area (Å²) in [7, 11) is 1.63. The van der Waals surface area contributed by atoms with E-state index in [-0.39, 0.29) is 5.91 Å². The summed E-state index contributed by atoms with van der Waals surface area (Å²) < 4.78 is 5.24. The number of nitrogens with zero attached hydrogens (tertiary/aromatic N) is 1. The number of H-pyrrole nitrogens is 1.